The van der Waals surface area contributed by atoms with E-state index in [1.54, 1.807) is 0 Å². The molecule has 2 heteroatoms. The molecule has 0 aromatic heterocycles. The van der Waals surface area contributed by atoms with Crippen LogP contribution in [0.4, 0.5) is 0 Å². The van der Waals surface area contributed by atoms with Gasteiger partial charge in [0.25, 0.3) is 0 Å². The van der Waals surface area contributed by atoms with Crippen LogP contribution in [0.25, 0.3) is 0 Å². The highest BCUT2D eigenvalue weighted by atomic mass is 16.5. The predicted octanol–water partition coefficient (Wildman–Crippen LogP) is 0.163. The predicted molar refractivity (Wildman–Crippen MR) is 26.4 cm³/mol. The van der Waals surface area contributed by atoms with E-state index in [0.717, 1.165) is 19.4 Å². The third kappa shape index (κ3) is 1.45. The molecule has 0 aromatic rings. The van der Waals surface area contributed by atoms with Crippen molar-refractivity contribution in [2.75, 3.05) is 6.61 Å². The smallest absolute Gasteiger partial charge is 0.150 e. The van der Waals surface area contributed by atoms with Gasteiger partial charge in [0, 0.05) is 12.6 Å². The molecular weight excluding hydrogens is 90.1 g/mol. The lowest BCUT2D eigenvalue weighted by Crippen LogP contribution is -2.26. The van der Waals surface area contributed by atoms with Crippen LogP contribution < -0.4 is 5.73 Å². The number of rotatable bonds is 0. The number of ether oxygens (including phenoxy) is 1. The molecule has 0 aliphatic carbocycles. The standard InChI is InChI=1S/C5H9NO/c6-5-2-1-3-7-4-5/h5H,1-3,6H2. The lowest BCUT2D eigenvalue weighted by atomic mass is 10.1. The van der Waals surface area contributed by atoms with Gasteiger partial charge >= 0.3 is 0 Å². The van der Waals surface area contributed by atoms with Crippen molar-refractivity contribution in [1.82, 2.24) is 0 Å². The van der Waals surface area contributed by atoms with Gasteiger partial charge in [0.15, 0.2) is 0 Å². The van der Waals surface area contributed by atoms with Crippen LogP contribution in [-0.2, 0) is 4.74 Å². The van der Waals surface area contributed by atoms with E-state index in [1.807, 2.05) is 0 Å². The third-order valence-corrected chi connectivity index (χ3v) is 0.996. The molecule has 1 heterocycles. The maximum absolute atomic E-state index is 5.40. The zero-order chi connectivity index (χ0) is 5.11. The first-order valence-electron chi connectivity index (χ1n) is 2.52. The van der Waals surface area contributed by atoms with Gasteiger partial charge in [0.05, 0.1) is 0 Å². The van der Waals surface area contributed by atoms with Crippen molar-refractivity contribution in [3.05, 3.63) is 6.61 Å². The van der Waals surface area contributed by atoms with E-state index in [2.05, 4.69) is 6.61 Å². The lowest BCUT2D eigenvalue weighted by Gasteiger charge is -2.14. The van der Waals surface area contributed by atoms with E-state index in [1.165, 1.54) is 0 Å². The largest absolute Gasteiger partial charge is 0.367 e. The van der Waals surface area contributed by atoms with Crippen LogP contribution in [-0.4, -0.2) is 12.6 Å². The van der Waals surface area contributed by atoms with Crippen LogP contribution in [0.1, 0.15) is 12.8 Å². The highest BCUT2D eigenvalue weighted by molar-refractivity contribution is 4.74. The molecule has 1 rings (SSSR count). The summed E-state index contributed by atoms with van der Waals surface area (Å²) < 4.78 is 4.81. The molecule has 1 saturated heterocycles. The zero-order valence-electron chi connectivity index (χ0n) is 4.18. The summed E-state index contributed by atoms with van der Waals surface area (Å²) in [6, 6.07) is 0.0637. The van der Waals surface area contributed by atoms with E-state index in [0.29, 0.717) is 0 Å². The van der Waals surface area contributed by atoms with E-state index in [-0.39, 0.29) is 6.04 Å². The molecule has 40 valence electrons. The molecule has 1 unspecified atom stereocenters. The number of hydrogen-bond donors (Lipinski definition) is 1. The van der Waals surface area contributed by atoms with Gasteiger partial charge in [-0.15, -0.1) is 0 Å². The zero-order valence-corrected chi connectivity index (χ0v) is 4.18. The van der Waals surface area contributed by atoms with Gasteiger partial charge in [-0.25, -0.2) is 0 Å². The van der Waals surface area contributed by atoms with Gasteiger partial charge in [0.2, 0.25) is 0 Å². The second-order valence-electron chi connectivity index (χ2n) is 1.72. The molecule has 2 radical (unpaired) electrons. The minimum Gasteiger partial charge on any atom is -0.367 e. The average molecular weight is 99.1 g/mol. The number of nitrogens with two attached hydrogens (primary N) is 1. The van der Waals surface area contributed by atoms with Gasteiger partial charge in [-0.1, -0.05) is 0 Å². The summed E-state index contributed by atoms with van der Waals surface area (Å²) in [4.78, 5) is 0. The Morgan fingerprint density at radius 1 is 1.71 bits per heavy atom. The molecule has 1 fully saturated rings. The molecule has 2 nitrogen and oxygen atoms in total. The Hall–Kier alpha value is -0.0800. The SMILES string of the molecule is NC1[C]OCCC1. The van der Waals surface area contributed by atoms with Crippen molar-refractivity contribution in [1.29, 1.82) is 0 Å². The summed E-state index contributed by atoms with van der Waals surface area (Å²) in [5, 5.41) is 0. The van der Waals surface area contributed by atoms with E-state index in [4.69, 9.17) is 10.5 Å². The molecule has 1 atom stereocenters. The molecule has 7 heavy (non-hydrogen) atoms. The summed E-state index contributed by atoms with van der Waals surface area (Å²) in [5.74, 6) is 0. The fraction of sp³-hybridized carbons (Fsp3) is 0.800. The first-order chi connectivity index (χ1) is 3.39. The van der Waals surface area contributed by atoms with E-state index < -0.39 is 0 Å². The maximum Gasteiger partial charge on any atom is 0.150 e. The molecule has 1 aliphatic heterocycles. The monoisotopic (exact) mass is 99.1 g/mol. The minimum absolute atomic E-state index is 0.0637. The van der Waals surface area contributed by atoms with Crippen molar-refractivity contribution < 1.29 is 4.74 Å². The molecule has 1 aliphatic rings. The van der Waals surface area contributed by atoms with Gasteiger partial charge < -0.3 is 10.5 Å². The summed E-state index contributed by atoms with van der Waals surface area (Å²) in [6.45, 7) is 3.46. The van der Waals surface area contributed by atoms with Crippen LogP contribution in [0.15, 0.2) is 0 Å². The summed E-state index contributed by atoms with van der Waals surface area (Å²) in [6.07, 6.45) is 2.11. The molecule has 0 saturated carbocycles. The maximum atomic E-state index is 5.40. The highest BCUT2D eigenvalue weighted by Gasteiger charge is 2.08. The van der Waals surface area contributed by atoms with Crippen LogP contribution in [0.3, 0.4) is 0 Å². The third-order valence-electron chi connectivity index (χ3n) is 0.996. The Balaban J connectivity index is 2.12. The molecule has 0 bridgehead atoms. The van der Waals surface area contributed by atoms with Crippen molar-refractivity contribution >= 4 is 0 Å². The topological polar surface area (TPSA) is 35.2 Å². The minimum atomic E-state index is 0.0637. The van der Waals surface area contributed by atoms with Crippen LogP contribution in [0.2, 0.25) is 0 Å². The summed E-state index contributed by atoms with van der Waals surface area (Å²) in [5.41, 5.74) is 5.40. The Kier molecular flexibility index (Phi) is 1.65. The molecular formula is C5H9NO. The molecule has 0 spiro atoms. The van der Waals surface area contributed by atoms with E-state index in [9.17, 15) is 0 Å². The fourth-order valence-corrected chi connectivity index (χ4v) is 0.600. The summed E-state index contributed by atoms with van der Waals surface area (Å²) in [7, 11) is 0. The van der Waals surface area contributed by atoms with Crippen LogP contribution in [0.5, 0.6) is 0 Å². The lowest BCUT2D eigenvalue weighted by molar-refractivity contribution is 0.142. The normalized spacial score (nSPS) is 33.0. The quantitative estimate of drug-likeness (QED) is 0.469. The van der Waals surface area contributed by atoms with Gasteiger partial charge in [-0.05, 0) is 12.8 Å². The Morgan fingerprint density at radius 3 is 2.86 bits per heavy atom. The second-order valence-corrected chi connectivity index (χ2v) is 1.72. The van der Waals surface area contributed by atoms with Crippen molar-refractivity contribution in [2.45, 2.75) is 18.9 Å². The van der Waals surface area contributed by atoms with Crippen molar-refractivity contribution in [2.24, 2.45) is 5.73 Å². The molecule has 2 N–H and O–H groups in total. The van der Waals surface area contributed by atoms with Crippen molar-refractivity contribution in [3.63, 3.8) is 0 Å². The second kappa shape index (κ2) is 2.28. The number of hydrogen-bond acceptors (Lipinski definition) is 2. The Bertz CT molecular complexity index is 50.0. The fourth-order valence-electron chi connectivity index (χ4n) is 0.600. The van der Waals surface area contributed by atoms with Crippen LogP contribution in [0, 0.1) is 6.61 Å². The highest BCUT2D eigenvalue weighted by Crippen LogP contribution is 2.05. The van der Waals surface area contributed by atoms with Crippen LogP contribution >= 0.6 is 0 Å². The molecule has 0 aromatic carbocycles. The first kappa shape index (κ1) is 5.06. The average Bonchev–Trinajstić information content (AvgIpc) is 1.69. The van der Waals surface area contributed by atoms with Gasteiger partial charge in [0.1, 0.15) is 6.61 Å². The first-order valence-corrected chi connectivity index (χ1v) is 2.52. The Labute approximate surface area is 43.6 Å². The van der Waals surface area contributed by atoms with Gasteiger partial charge in [-0.3, -0.25) is 0 Å². The Morgan fingerprint density at radius 2 is 2.57 bits per heavy atom. The summed E-state index contributed by atoms with van der Waals surface area (Å²) >= 11 is 0. The molecule has 0 amide bonds. The van der Waals surface area contributed by atoms with Gasteiger partial charge in [-0.2, -0.15) is 0 Å². The van der Waals surface area contributed by atoms with E-state index >= 15 is 0 Å². The van der Waals surface area contributed by atoms with Crippen molar-refractivity contribution in [3.8, 4) is 0 Å².